The first kappa shape index (κ1) is 13.6. The van der Waals surface area contributed by atoms with Gasteiger partial charge in [-0.15, -0.1) is 0 Å². The van der Waals surface area contributed by atoms with E-state index in [1.807, 2.05) is 0 Å². The smallest absolute Gasteiger partial charge is 0.288 e. The van der Waals surface area contributed by atoms with Gasteiger partial charge in [0.25, 0.3) is 5.69 Å². The highest BCUT2D eigenvalue weighted by atomic mass is 35.5. The van der Waals surface area contributed by atoms with E-state index in [0.717, 1.165) is 12.1 Å². The Balaban J connectivity index is 3.19. The van der Waals surface area contributed by atoms with Crippen LogP contribution in [0.4, 0.5) is 10.1 Å². The predicted molar refractivity (Wildman–Crippen MR) is 61.6 cm³/mol. The molecule has 1 aromatic carbocycles. The number of nitrogens with zero attached hydrogens (tertiary/aromatic N) is 1. The highest BCUT2D eigenvalue weighted by Gasteiger charge is 2.22. The van der Waals surface area contributed by atoms with Gasteiger partial charge in [-0.25, -0.2) is 4.39 Å². The summed E-state index contributed by atoms with van der Waals surface area (Å²) in [6.45, 7) is 3.34. The summed E-state index contributed by atoms with van der Waals surface area (Å²) in [6.07, 6.45) is -0.232. The monoisotopic (exact) mass is 259 g/mol. The van der Waals surface area contributed by atoms with E-state index in [1.165, 1.54) is 0 Å². The number of hydrogen-bond acceptors (Lipinski definition) is 3. The highest BCUT2D eigenvalue weighted by Crippen LogP contribution is 2.30. The maximum atomic E-state index is 13.5. The molecule has 4 nitrogen and oxygen atoms in total. The average Bonchev–Trinajstić information content (AvgIpc) is 2.22. The van der Waals surface area contributed by atoms with Crippen molar-refractivity contribution in [2.24, 2.45) is 5.92 Å². The van der Waals surface area contributed by atoms with E-state index in [0.29, 0.717) is 0 Å². The zero-order chi connectivity index (χ0) is 13.2. The van der Waals surface area contributed by atoms with Crippen LogP contribution in [-0.2, 0) is 11.2 Å². The van der Waals surface area contributed by atoms with Crippen LogP contribution in [0.15, 0.2) is 12.1 Å². The molecule has 0 atom stereocenters. The van der Waals surface area contributed by atoms with E-state index in [1.54, 1.807) is 13.8 Å². The van der Waals surface area contributed by atoms with Gasteiger partial charge in [0.15, 0.2) is 0 Å². The minimum atomic E-state index is -0.703. The Bertz CT molecular complexity index is 474. The lowest BCUT2D eigenvalue weighted by Gasteiger charge is -2.07. The summed E-state index contributed by atoms with van der Waals surface area (Å²) in [7, 11) is 0. The number of hydrogen-bond donors (Lipinski definition) is 0. The molecule has 0 aliphatic heterocycles. The quantitative estimate of drug-likeness (QED) is 0.616. The second-order valence-corrected chi connectivity index (χ2v) is 4.29. The molecule has 0 aliphatic rings. The summed E-state index contributed by atoms with van der Waals surface area (Å²) >= 11 is 5.72. The van der Waals surface area contributed by atoms with Crippen molar-refractivity contribution >= 4 is 23.1 Å². The molecular weight excluding hydrogens is 249 g/mol. The topological polar surface area (TPSA) is 60.2 Å². The van der Waals surface area contributed by atoms with Crippen LogP contribution in [0.25, 0.3) is 0 Å². The third-order valence-electron chi connectivity index (χ3n) is 2.36. The molecule has 0 aliphatic carbocycles. The highest BCUT2D eigenvalue weighted by molar-refractivity contribution is 6.33. The maximum Gasteiger partial charge on any atom is 0.288 e. The second kappa shape index (κ2) is 5.23. The molecule has 0 fully saturated rings. The molecule has 1 aromatic rings. The van der Waals surface area contributed by atoms with Crippen LogP contribution in [0.3, 0.4) is 0 Å². The zero-order valence-corrected chi connectivity index (χ0v) is 10.1. The molecule has 17 heavy (non-hydrogen) atoms. The zero-order valence-electron chi connectivity index (χ0n) is 9.37. The van der Waals surface area contributed by atoms with Crippen molar-refractivity contribution in [2.45, 2.75) is 20.3 Å². The Kier molecular flexibility index (Phi) is 4.17. The van der Waals surface area contributed by atoms with Gasteiger partial charge < -0.3 is 0 Å². The van der Waals surface area contributed by atoms with Crippen LogP contribution in [0.5, 0.6) is 0 Å². The minimum absolute atomic E-state index is 0.112. The largest absolute Gasteiger partial charge is 0.299 e. The molecule has 0 amide bonds. The van der Waals surface area contributed by atoms with Crippen LogP contribution in [0.1, 0.15) is 19.4 Å². The molecule has 0 N–H and O–H groups in total. The summed E-state index contributed by atoms with van der Waals surface area (Å²) in [5, 5.41) is 10.3. The lowest BCUT2D eigenvalue weighted by atomic mass is 10.0. The van der Waals surface area contributed by atoms with E-state index in [2.05, 4.69) is 0 Å². The fraction of sp³-hybridized carbons (Fsp3) is 0.364. The van der Waals surface area contributed by atoms with E-state index >= 15 is 0 Å². The Morgan fingerprint density at radius 2 is 2.12 bits per heavy atom. The van der Waals surface area contributed by atoms with Gasteiger partial charge in [0.2, 0.25) is 0 Å². The first-order chi connectivity index (χ1) is 7.84. The standard InChI is InChI=1S/C11H11ClFNO3/c1-6(2)10(15)5-7-8(13)3-4-9(11(7)12)14(16)17/h3-4,6H,5H2,1-2H3. The van der Waals surface area contributed by atoms with Gasteiger partial charge in [-0.2, -0.15) is 0 Å². The van der Waals surface area contributed by atoms with Gasteiger partial charge in [-0.1, -0.05) is 25.4 Å². The number of rotatable bonds is 4. The molecule has 0 spiro atoms. The van der Waals surface area contributed by atoms with E-state index in [4.69, 9.17) is 11.6 Å². The molecule has 0 bridgehead atoms. The molecule has 0 aromatic heterocycles. The van der Waals surface area contributed by atoms with E-state index in [9.17, 15) is 19.3 Å². The molecule has 0 unspecified atom stereocenters. The Morgan fingerprint density at radius 1 is 1.53 bits per heavy atom. The van der Waals surface area contributed by atoms with Crippen LogP contribution in [0.2, 0.25) is 5.02 Å². The van der Waals surface area contributed by atoms with Gasteiger partial charge in [0, 0.05) is 24.0 Å². The fourth-order valence-electron chi connectivity index (χ4n) is 1.27. The summed E-state index contributed by atoms with van der Waals surface area (Å²) in [5.41, 5.74) is -0.501. The van der Waals surface area contributed by atoms with Crippen molar-refractivity contribution in [3.8, 4) is 0 Å². The van der Waals surface area contributed by atoms with Crippen molar-refractivity contribution in [3.05, 3.63) is 38.7 Å². The van der Waals surface area contributed by atoms with E-state index in [-0.39, 0.29) is 34.4 Å². The molecule has 92 valence electrons. The lowest BCUT2D eigenvalue weighted by molar-refractivity contribution is -0.384. The van der Waals surface area contributed by atoms with Crippen LogP contribution in [0, 0.1) is 21.8 Å². The predicted octanol–water partition coefficient (Wildman–Crippen LogP) is 3.15. The molecule has 6 heteroatoms. The number of carbonyl (C=O) groups excluding carboxylic acids is 1. The van der Waals surface area contributed by atoms with E-state index < -0.39 is 10.7 Å². The van der Waals surface area contributed by atoms with Crippen LogP contribution in [-0.4, -0.2) is 10.7 Å². The maximum absolute atomic E-state index is 13.5. The van der Waals surface area contributed by atoms with Gasteiger partial charge in [0.1, 0.15) is 16.6 Å². The van der Waals surface area contributed by atoms with Crippen LogP contribution >= 0.6 is 11.6 Å². The molecule has 1 rings (SSSR count). The average molecular weight is 260 g/mol. The Morgan fingerprint density at radius 3 is 2.59 bits per heavy atom. The normalized spacial score (nSPS) is 10.6. The van der Waals surface area contributed by atoms with Crippen molar-refractivity contribution in [2.75, 3.05) is 0 Å². The summed E-state index contributed by atoms with van der Waals surface area (Å²) in [4.78, 5) is 21.4. The molecule has 0 saturated heterocycles. The van der Waals surface area contributed by atoms with Crippen molar-refractivity contribution in [3.63, 3.8) is 0 Å². The SMILES string of the molecule is CC(C)C(=O)Cc1c(F)ccc([N+](=O)[O-])c1Cl. The number of benzene rings is 1. The molecule has 0 radical (unpaired) electrons. The van der Waals surface area contributed by atoms with Crippen molar-refractivity contribution in [1.82, 2.24) is 0 Å². The Labute approximate surface area is 103 Å². The number of nitro benzene ring substituents is 1. The summed E-state index contributed by atoms with van der Waals surface area (Å²) in [6, 6.07) is 1.94. The fourth-order valence-corrected chi connectivity index (χ4v) is 1.56. The summed E-state index contributed by atoms with van der Waals surface area (Å²) in [5.74, 6) is -1.19. The van der Waals surface area contributed by atoms with Gasteiger partial charge in [-0.05, 0) is 6.07 Å². The summed E-state index contributed by atoms with van der Waals surface area (Å²) < 4.78 is 13.5. The van der Waals surface area contributed by atoms with Crippen LogP contribution < -0.4 is 0 Å². The van der Waals surface area contributed by atoms with Gasteiger partial charge in [0.05, 0.1) is 4.92 Å². The molecule has 0 heterocycles. The minimum Gasteiger partial charge on any atom is -0.299 e. The molecular formula is C11H11ClFNO3. The number of ketones is 1. The van der Waals surface area contributed by atoms with Gasteiger partial charge >= 0.3 is 0 Å². The number of halogens is 2. The van der Waals surface area contributed by atoms with Crippen molar-refractivity contribution < 1.29 is 14.1 Å². The lowest BCUT2D eigenvalue weighted by Crippen LogP contribution is -2.12. The number of Topliss-reactive ketones (excluding diaryl/α,β-unsaturated/α-hetero) is 1. The third kappa shape index (κ3) is 3.00. The van der Waals surface area contributed by atoms with Gasteiger partial charge in [-0.3, -0.25) is 14.9 Å². The first-order valence-electron chi connectivity index (χ1n) is 4.98. The first-order valence-corrected chi connectivity index (χ1v) is 5.36. The van der Waals surface area contributed by atoms with Crippen molar-refractivity contribution in [1.29, 1.82) is 0 Å². The third-order valence-corrected chi connectivity index (χ3v) is 2.78. The number of carbonyl (C=O) groups is 1. The molecule has 0 saturated carbocycles. The Hall–Kier alpha value is -1.49. The second-order valence-electron chi connectivity index (χ2n) is 3.91. The number of nitro groups is 1.